The second-order valence-corrected chi connectivity index (χ2v) is 19.5. The highest BCUT2D eigenvalue weighted by molar-refractivity contribution is 7.08. The number of halogens is 1. The first-order chi connectivity index (χ1) is 18.3. The van der Waals surface area contributed by atoms with Crippen molar-refractivity contribution in [2.75, 3.05) is 0 Å². The van der Waals surface area contributed by atoms with Crippen LogP contribution in [0.1, 0.15) is 113 Å². The Hall–Kier alpha value is -1.86. The molecule has 1 N–H and O–H groups in total. The third-order valence-electron chi connectivity index (χ3n) is 9.34. The lowest BCUT2D eigenvalue weighted by molar-refractivity contribution is 0.106. The zero-order valence-electron chi connectivity index (χ0n) is 24.6. The fraction of sp³-hybridized carbons (Fsp3) is 0.545. The SMILES string of the molecule is CC1(C)Cc2nc(C3CCCC3)c(C(O)c3ccc(F)cc3)c(-c3ccsc3)c2[C@@H](O[Si](C)(C)C(C)(C)C)C1. The molecule has 2 aromatic heterocycles. The van der Waals surface area contributed by atoms with Crippen molar-refractivity contribution in [1.29, 1.82) is 0 Å². The van der Waals surface area contributed by atoms with Crippen LogP contribution in [0, 0.1) is 11.2 Å². The van der Waals surface area contributed by atoms with E-state index in [1.165, 1.54) is 25.0 Å². The summed E-state index contributed by atoms with van der Waals surface area (Å²) in [5.74, 6) is 0.0243. The molecule has 5 rings (SSSR count). The third kappa shape index (κ3) is 5.68. The Kier molecular flexibility index (Phi) is 7.73. The van der Waals surface area contributed by atoms with Gasteiger partial charge < -0.3 is 9.53 Å². The number of thiophene rings is 1. The highest BCUT2D eigenvalue weighted by Gasteiger charge is 2.45. The molecule has 2 aliphatic rings. The molecule has 1 fully saturated rings. The summed E-state index contributed by atoms with van der Waals surface area (Å²) in [4.78, 5) is 5.47. The number of fused-ring (bicyclic) bond motifs is 1. The number of nitrogens with zero attached hydrogens (tertiary/aromatic N) is 1. The number of hydrogen-bond acceptors (Lipinski definition) is 4. The zero-order valence-corrected chi connectivity index (χ0v) is 26.4. The Morgan fingerprint density at radius 1 is 1.10 bits per heavy atom. The second-order valence-electron chi connectivity index (χ2n) is 14.0. The summed E-state index contributed by atoms with van der Waals surface area (Å²) in [5, 5.41) is 16.4. The first kappa shape index (κ1) is 28.7. The summed E-state index contributed by atoms with van der Waals surface area (Å²) in [6.07, 6.45) is 5.37. The minimum atomic E-state index is -2.11. The molecule has 2 aliphatic carbocycles. The van der Waals surface area contributed by atoms with Crippen LogP contribution in [0.15, 0.2) is 41.1 Å². The van der Waals surface area contributed by atoms with Gasteiger partial charge in [-0.15, -0.1) is 0 Å². The smallest absolute Gasteiger partial charge is 0.192 e. The molecule has 0 bridgehead atoms. The molecule has 0 radical (unpaired) electrons. The number of benzene rings is 1. The average molecular weight is 566 g/mol. The zero-order chi connectivity index (χ0) is 28.2. The van der Waals surface area contributed by atoms with Crippen LogP contribution in [0.25, 0.3) is 11.1 Å². The fourth-order valence-electron chi connectivity index (χ4n) is 6.24. The van der Waals surface area contributed by atoms with Crippen LogP contribution in [0.2, 0.25) is 18.1 Å². The Balaban J connectivity index is 1.80. The van der Waals surface area contributed by atoms with Crippen molar-refractivity contribution in [2.45, 2.75) is 109 Å². The quantitative estimate of drug-likeness (QED) is 0.303. The van der Waals surface area contributed by atoms with Crippen molar-refractivity contribution < 1.29 is 13.9 Å². The number of rotatable bonds is 6. The predicted molar refractivity (Wildman–Crippen MR) is 162 cm³/mol. The van der Waals surface area contributed by atoms with Crippen LogP contribution in [0.4, 0.5) is 4.39 Å². The van der Waals surface area contributed by atoms with E-state index in [1.54, 1.807) is 23.5 Å². The number of aromatic nitrogens is 1. The Morgan fingerprint density at radius 3 is 2.36 bits per heavy atom. The van der Waals surface area contributed by atoms with Gasteiger partial charge in [-0.3, -0.25) is 4.98 Å². The molecule has 0 spiro atoms. The van der Waals surface area contributed by atoms with Crippen molar-refractivity contribution in [1.82, 2.24) is 4.98 Å². The van der Waals surface area contributed by atoms with Gasteiger partial charge in [0.25, 0.3) is 0 Å². The molecule has 0 amide bonds. The molecular weight excluding hydrogens is 522 g/mol. The lowest BCUT2D eigenvalue weighted by atomic mass is 9.71. The van der Waals surface area contributed by atoms with E-state index >= 15 is 0 Å². The second kappa shape index (κ2) is 10.5. The van der Waals surface area contributed by atoms with Gasteiger partial charge in [0.2, 0.25) is 0 Å². The van der Waals surface area contributed by atoms with E-state index in [9.17, 15) is 9.50 Å². The monoisotopic (exact) mass is 565 g/mol. The molecule has 39 heavy (non-hydrogen) atoms. The van der Waals surface area contributed by atoms with Gasteiger partial charge in [-0.1, -0.05) is 59.6 Å². The lowest BCUT2D eigenvalue weighted by Gasteiger charge is -2.45. The van der Waals surface area contributed by atoms with E-state index in [-0.39, 0.29) is 22.4 Å². The molecule has 210 valence electrons. The van der Waals surface area contributed by atoms with Crippen LogP contribution in [0.3, 0.4) is 0 Å². The largest absolute Gasteiger partial charge is 0.410 e. The van der Waals surface area contributed by atoms with E-state index < -0.39 is 14.4 Å². The van der Waals surface area contributed by atoms with Gasteiger partial charge in [-0.2, -0.15) is 11.3 Å². The summed E-state index contributed by atoms with van der Waals surface area (Å²) < 4.78 is 21.1. The third-order valence-corrected chi connectivity index (χ3v) is 14.5. The molecule has 6 heteroatoms. The summed E-state index contributed by atoms with van der Waals surface area (Å²) in [6, 6.07) is 8.47. The van der Waals surface area contributed by atoms with Crippen molar-refractivity contribution in [2.24, 2.45) is 5.41 Å². The number of aliphatic hydroxyl groups is 1. The Labute approximate surface area is 239 Å². The maximum Gasteiger partial charge on any atom is 0.192 e. The minimum Gasteiger partial charge on any atom is -0.410 e. The molecule has 0 aliphatic heterocycles. The molecule has 3 aromatic rings. The van der Waals surface area contributed by atoms with Gasteiger partial charge in [-0.25, -0.2) is 4.39 Å². The van der Waals surface area contributed by atoms with Gasteiger partial charge in [0.1, 0.15) is 11.9 Å². The fourth-order valence-corrected chi connectivity index (χ4v) is 8.16. The minimum absolute atomic E-state index is 0.0585. The first-order valence-electron chi connectivity index (χ1n) is 14.5. The van der Waals surface area contributed by atoms with E-state index in [4.69, 9.17) is 9.41 Å². The van der Waals surface area contributed by atoms with Gasteiger partial charge in [-0.05, 0) is 94.9 Å². The number of aliphatic hydroxyl groups excluding tert-OH is 1. The predicted octanol–water partition coefficient (Wildman–Crippen LogP) is 9.72. The summed E-state index contributed by atoms with van der Waals surface area (Å²) in [7, 11) is -2.11. The summed E-state index contributed by atoms with van der Waals surface area (Å²) >= 11 is 1.68. The topological polar surface area (TPSA) is 42.4 Å². The summed E-state index contributed by atoms with van der Waals surface area (Å²) in [5.41, 5.74) is 7.21. The molecular formula is C33H44FNO2SSi. The molecule has 2 heterocycles. The van der Waals surface area contributed by atoms with Crippen LogP contribution in [-0.4, -0.2) is 18.4 Å². The molecule has 1 unspecified atom stereocenters. The van der Waals surface area contributed by atoms with Crippen molar-refractivity contribution in [3.05, 3.63) is 75.0 Å². The highest BCUT2D eigenvalue weighted by Crippen LogP contribution is 2.53. The lowest BCUT2D eigenvalue weighted by Crippen LogP contribution is -2.44. The standard InChI is InChI=1S/C33H44FNO2SSi/c1-32(2,3)39(6,7)37-26-19-33(4,5)18-25-28(26)27(23-16-17-38-20-23)29(30(35-25)21-10-8-9-11-21)31(36)22-12-14-24(34)15-13-22/h12-17,20-21,26,31,36H,8-11,18-19H2,1-7H3/t26-,31?/m0/s1. The van der Waals surface area contributed by atoms with Crippen molar-refractivity contribution in [3.63, 3.8) is 0 Å². The van der Waals surface area contributed by atoms with E-state index in [0.717, 1.165) is 59.3 Å². The maximum atomic E-state index is 13.9. The van der Waals surface area contributed by atoms with Gasteiger partial charge in [0, 0.05) is 22.7 Å². The van der Waals surface area contributed by atoms with E-state index in [2.05, 4.69) is 64.5 Å². The number of hydrogen-bond donors (Lipinski definition) is 1. The molecule has 2 atom stereocenters. The maximum absolute atomic E-state index is 13.9. The van der Waals surface area contributed by atoms with E-state index in [0.29, 0.717) is 11.5 Å². The first-order valence-corrected chi connectivity index (χ1v) is 18.3. The molecule has 1 saturated carbocycles. The van der Waals surface area contributed by atoms with Gasteiger partial charge in [0.15, 0.2) is 8.32 Å². The van der Waals surface area contributed by atoms with Crippen LogP contribution >= 0.6 is 11.3 Å². The van der Waals surface area contributed by atoms with Gasteiger partial charge >= 0.3 is 0 Å². The Morgan fingerprint density at radius 2 is 1.77 bits per heavy atom. The van der Waals surface area contributed by atoms with Crippen molar-refractivity contribution in [3.8, 4) is 11.1 Å². The molecule has 0 saturated heterocycles. The van der Waals surface area contributed by atoms with Gasteiger partial charge in [0.05, 0.1) is 11.8 Å². The molecule has 3 nitrogen and oxygen atoms in total. The normalized spacial score (nSPS) is 20.7. The Bertz CT molecular complexity index is 1300. The van der Waals surface area contributed by atoms with Crippen LogP contribution in [0.5, 0.6) is 0 Å². The highest BCUT2D eigenvalue weighted by atomic mass is 32.1. The number of pyridine rings is 1. The van der Waals surface area contributed by atoms with Crippen molar-refractivity contribution >= 4 is 19.7 Å². The summed E-state index contributed by atoms with van der Waals surface area (Å²) in [6.45, 7) is 16.2. The van der Waals surface area contributed by atoms with Crippen LogP contribution < -0.4 is 0 Å². The van der Waals surface area contributed by atoms with Crippen LogP contribution in [-0.2, 0) is 10.8 Å². The average Bonchev–Trinajstić information content (AvgIpc) is 3.56. The van der Waals surface area contributed by atoms with E-state index in [1.807, 2.05) is 0 Å². The molecule has 1 aromatic carbocycles.